The summed E-state index contributed by atoms with van der Waals surface area (Å²) in [5.41, 5.74) is 0. The first kappa shape index (κ1) is 13.6. The monoisotopic (exact) mass is 314 g/mol. The molecule has 0 radical (unpaired) electrons. The van der Waals surface area contributed by atoms with Gasteiger partial charge in [-0.3, -0.25) is 0 Å². The molecular weight excluding hydrogens is 303 g/mol. The molecule has 0 spiro atoms. The topological polar surface area (TPSA) is 0 Å². The van der Waals surface area contributed by atoms with Crippen LogP contribution >= 0.6 is 38.7 Å². The van der Waals surface area contributed by atoms with Crippen LogP contribution in [-0.4, -0.2) is 0 Å². The lowest BCUT2D eigenvalue weighted by Gasteiger charge is -2.14. The molecule has 0 aliphatic carbocycles. The van der Waals surface area contributed by atoms with Crippen LogP contribution in [0.5, 0.6) is 0 Å². The molecule has 0 heterocycles. The zero-order valence-electron chi connectivity index (χ0n) is 8.89. The minimum atomic E-state index is -1.78. The second kappa shape index (κ2) is 6.35. The summed E-state index contributed by atoms with van der Waals surface area (Å²) in [4.78, 5) is 2.38. The molecule has 2 rings (SSSR count). The van der Waals surface area contributed by atoms with E-state index in [4.69, 9.17) is 11.8 Å². The van der Waals surface area contributed by atoms with Crippen molar-refractivity contribution in [2.24, 2.45) is 0 Å². The minimum Gasteiger partial charge on any atom is -0.121 e. The molecule has 0 amide bonds. The number of hydrogen-bond acceptors (Lipinski definition) is 3. The van der Waals surface area contributed by atoms with Crippen LogP contribution in [0.2, 0.25) is 0 Å². The quantitative estimate of drug-likeness (QED) is 0.566. The Bertz CT molecular complexity index is 467. The van der Waals surface area contributed by atoms with E-state index in [1.54, 1.807) is 22.8 Å². The van der Waals surface area contributed by atoms with Crippen molar-refractivity contribution in [3.63, 3.8) is 0 Å². The third-order valence-electron chi connectivity index (χ3n) is 1.93. The van der Waals surface area contributed by atoms with E-state index in [1.165, 1.54) is 9.79 Å². The Morgan fingerprint density at radius 3 is 1.47 bits per heavy atom. The zero-order chi connectivity index (χ0) is 12.1. The van der Waals surface area contributed by atoms with Crippen LogP contribution in [0.1, 0.15) is 0 Å². The first-order valence-corrected chi connectivity index (χ1v) is 11.8. The summed E-state index contributed by atoms with van der Waals surface area (Å²) in [6.07, 6.45) is 0. The van der Waals surface area contributed by atoms with Crippen molar-refractivity contribution in [1.29, 1.82) is 0 Å². The molecule has 0 atom stereocenters. The number of benzene rings is 2. The fourth-order valence-electron chi connectivity index (χ4n) is 1.25. The van der Waals surface area contributed by atoms with Crippen molar-refractivity contribution in [3.05, 3.63) is 60.7 Å². The molecule has 88 valence electrons. The highest BCUT2D eigenvalue weighted by Gasteiger charge is 2.15. The second-order valence-corrected chi connectivity index (χ2v) is 17.9. The average Bonchev–Trinajstić information content (AvgIpc) is 2.30. The van der Waals surface area contributed by atoms with Gasteiger partial charge in [0.15, 0.2) is 0 Å². The maximum absolute atomic E-state index is 5.61. The Kier molecular flexibility index (Phi) is 5.07. The van der Waals surface area contributed by atoms with Crippen molar-refractivity contribution in [2.45, 2.75) is 9.79 Å². The second-order valence-electron chi connectivity index (χ2n) is 3.28. The van der Waals surface area contributed by atoms with Gasteiger partial charge in [-0.15, -0.1) is 12.2 Å². The number of hydrogen-bond donors (Lipinski definition) is 1. The Balaban J connectivity index is 2.07. The van der Waals surface area contributed by atoms with E-state index in [9.17, 15) is 0 Å². The summed E-state index contributed by atoms with van der Waals surface area (Å²) in [6, 6.07) is 20.4. The van der Waals surface area contributed by atoms with Gasteiger partial charge in [0.05, 0.1) is 0 Å². The highest BCUT2D eigenvalue weighted by molar-refractivity contribution is 9.20. The molecule has 0 nitrogen and oxygen atoms in total. The van der Waals surface area contributed by atoms with Crippen LogP contribution in [0.25, 0.3) is 0 Å². The molecule has 0 unspecified atom stereocenters. The Hall–Kier alpha value is 0.140. The standard InChI is InChI=1S/C12H11PS4/c14-13(15,16-11-7-3-1-4-8-11)17-12-9-5-2-6-10-12/h1-10H,(H,14,15). The third kappa shape index (κ3) is 4.72. The molecule has 2 aromatic carbocycles. The van der Waals surface area contributed by atoms with E-state index < -0.39 is 3.64 Å². The summed E-state index contributed by atoms with van der Waals surface area (Å²) in [6.45, 7) is 0. The van der Waals surface area contributed by atoms with Gasteiger partial charge in [0, 0.05) is 9.79 Å². The third-order valence-corrected chi connectivity index (χ3v) is 10.2. The first-order valence-electron chi connectivity index (χ1n) is 4.98. The number of thiol groups is 1. The van der Waals surface area contributed by atoms with Crippen LogP contribution in [0.4, 0.5) is 0 Å². The highest BCUT2D eigenvalue weighted by atomic mass is 33.5. The Morgan fingerprint density at radius 1 is 0.765 bits per heavy atom. The summed E-state index contributed by atoms with van der Waals surface area (Å²) in [5, 5.41) is 0. The fraction of sp³-hybridized carbons (Fsp3) is 0. The number of rotatable bonds is 4. The Labute approximate surface area is 120 Å². The summed E-state index contributed by atoms with van der Waals surface area (Å²) < 4.78 is -1.78. The molecule has 0 aliphatic heterocycles. The van der Waals surface area contributed by atoms with Gasteiger partial charge < -0.3 is 0 Å². The van der Waals surface area contributed by atoms with Gasteiger partial charge in [-0.25, -0.2) is 0 Å². The SMILES string of the molecule is S=P(S)(Sc1ccccc1)Sc1ccccc1. The molecule has 0 saturated carbocycles. The molecule has 0 aliphatic rings. The molecular formula is C12H11PS4. The molecule has 5 heteroatoms. The molecule has 17 heavy (non-hydrogen) atoms. The van der Waals surface area contributed by atoms with E-state index in [0.717, 1.165) is 0 Å². The molecule has 0 aromatic heterocycles. The maximum atomic E-state index is 5.61. The van der Waals surface area contributed by atoms with Gasteiger partial charge in [0.25, 0.3) is 0 Å². The van der Waals surface area contributed by atoms with Crippen LogP contribution in [0.3, 0.4) is 0 Å². The summed E-state index contributed by atoms with van der Waals surface area (Å²) >= 11 is 13.7. The van der Waals surface area contributed by atoms with Crippen molar-refractivity contribution in [1.82, 2.24) is 0 Å². The fourth-order valence-corrected chi connectivity index (χ4v) is 9.95. The average molecular weight is 314 g/mol. The van der Waals surface area contributed by atoms with Gasteiger partial charge in [-0.05, 0) is 24.3 Å². The van der Waals surface area contributed by atoms with E-state index in [2.05, 4.69) is 36.5 Å². The van der Waals surface area contributed by atoms with Crippen LogP contribution in [0.15, 0.2) is 70.5 Å². The van der Waals surface area contributed by atoms with Crippen molar-refractivity contribution in [2.75, 3.05) is 0 Å². The van der Waals surface area contributed by atoms with Crippen molar-refractivity contribution in [3.8, 4) is 0 Å². The first-order chi connectivity index (χ1) is 8.16. The molecule has 0 saturated heterocycles. The van der Waals surface area contributed by atoms with E-state index in [1.807, 2.05) is 36.4 Å². The smallest absolute Gasteiger partial charge is 0.115 e. The summed E-state index contributed by atoms with van der Waals surface area (Å²) in [7, 11) is 0. The van der Waals surface area contributed by atoms with E-state index in [-0.39, 0.29) is 0 Å². The molecule has 0 fully saturated rings. The Morgan fingerprint density at radius 2 is 1.12 bits per heavy atom. The lowest BCUT2D eigenvalue weighted by Crippen LogP contribution is -1.68. The normalized spacial score (nSPS) is 11.4. The van der Waals surface area contributed by atoms with Gasteiger partial charge in [0.2, 0.25) is 0 Å². The predicted octanol–water partition coefficient (Wildman–Crippen LogP) is 5.73. The summed E-state index contributed by atoms with van der Waals surface area (Å²) in [5.74, 6) is 0. The minimum absolute atomic E-state index is 1.19. The molecule has 0 N–H and O–H groups in total. The lowest BCUT2D eigenvalue weighted by molar-refractivity contribution is 1.48. The van der Waals surface area contributed by atoms with Crippen molar-refractivity contribution < 1.29 is 0 Å². The van der Waals surface area contributed by atoms with Crippen LogP contribution < -0.4 is 0 Å². The van der Waals surface area contributed by atoms with E-state index in [0.29, 0.717) is 0 Å². The van der Waals surface area contributed by atoms with Crippen LogP contribution in [0, 0.1) is 0 Å². The predicted molar refractivity (Wildman–Crippen MR) is 87.9 cm³/mol. The molecule has 2 aromatic rings. The lowest BCUT2D eigenvalue weighted by atomic mass is 10.4. The van der Waals surface area contributed by atoms with E-state index >= 15 is 0 Å². The van der Waals surface area contributed by atoms with Gasteiger partial charge >= 0.3 is 0 Å². The highest BCUT2D eigenvalue weighted by Crippen LogP contribution is 2.76. The maximum Gasteiger partial charge on any atom is 0.115 e. The zero-order valence-corrected chi connectivity index (χ0v) is 13.1. The largest absolute Gasteiger partial charge is 0.121 e. The molecule has 0 bridgehead atoms. The van der Waals surface area contributed by atoms with Gasteiger partial charge in [-0.2, -0.15) is 0 Å². The van der Waals surface area contributed by atoms with Gasteiger partial charge in [0.1, 0.15) is 3.64 Å². The van der Waals surface area contributed by atoms with Crippen molar-refractivity contribution >= 4 is 50.5 Å². The van der Waals surface area contributed by atoms with Crippen LogP contribution in [-0.2, 0) is 11.8 Å². The van der Waals surface area contributed by atoms with Gasteiger partial charge in [-0.1, -0.05) is 71.0 Å².